The zero-order chi connectivity index (χ0) is 14.8. The number of nitrogens with zero attached hydrogens (tertiary/aromatic N) is 2. The van der Waals surface area contributed by atoms with Crippen molar-refractivity contribution < 1.29 is 9.53 Å². The number of carbonyl (C=O) groups is 1. The van der Waals surface area contributed by atoms with E-state index in [2.05, 4.69) is 22.1 Å². The first-order chi connectivity index (χ1) is 8.90. The maximum absolute atomic E-state index is 11.7. The van der Waals surface area contributed by atoms with Crippen LogP contribution in [0.2, 0.25) is 0 Å². The maximum atomic E-state index is 11.7. The lowest BCUT2D eigenvalue weighted by molar-refractivity contribution is -0.119. The molecular weight excluding hydrogens is 242 g/mol. The molecule has 0 aromatic heterocycles. The van der Waals surface area contributed by atoms with E-state index in [0.29, 0.717) is 23.8 Å². The number of allylic oxidation sites excluding steroid dienone is 2. The molecule has 5 nitrogen and oxygen atoms in total. The first kappa shape index (κ1) is 17.1. The van der Waals surface area contributed by atoms with Crippen LogP contribution in [0.5, 0.6) is 0 Å². The van der Waals surface area contributed by atoms with Crippen molar-refractivity contribution >= 4 is 17.5 Å². The van der Waals surface area contributed by atoms with Crippen LogP contribution in [0.4, 0.5) is 0 Å². The van der Waals surface area contributed by atoms with Crippen LogP contribution in [0.15, 0.2) is 34.2 Å². The lowest BCUT2D eigenvalue weighted by Gasteiger charge is -2.11. The zero-order valence-electron chi connectivity index (χ0n) is 12.4. The molecule has 1 N–H and O–H groups in total. The zero-order valence-corrected chi connectivity index (χ0v) is 12.4. The summed E-state index contributed by atoms with van der Waals surface area (Å²) in [5.41, 5.74) is 1.47. The van der Waals surface area contributed by atoms with Gasteiger partial charge in [0.15, 0.2) is 0 Å². The molecule has 0 fully saturated rings. The summed E-state index contributed by atoms with van der Waals surface area (Å²) in [5, 5.41) is 10.4. The number of nitrogens with one attached hydrogen (secondary N) is 1. The SMILES string of the molecule is C=C(CC(=O)N/C(C)=N/N=C(C)C)/C(=C\C)OCC. The number of carbonyl (C=O) groups excluding carboxylic acids is 1. The van der Waals surface area contributed by atoms with Gasteiger partial charge in [-0.15, -0.1) is 5.10 Å². The minimum absolute atomic E-state index is 0.168. The Hall–Kier alpha value is -1.91. The van der Waals surface area contributed by atoms with E-state index in [9.17, 15) is 4.79 Å². The fourth-order valence-electron chi connectivity index (χ4n) is 1.27. The van der Waals surface area contributed by atoms with Crippen molar-refractivity contribution in [1.82, 2.24) is 5.32 Å². The van der Waals surface area contributed by atoms with Crippen LogP contribution in [0.3, 0.4) is 0 Å². The predicted molar refractivity (Wildman–Crippen MR) is 79.2 cm³/mol. The molecule has 0 heterocycles. The van der Waals surface area contributed by atoms with Gasteiger partial charge >= 0.3 is 0 Å². The van der Waals surface area contributed by atoms with E-state index < -0.39 is 0 Å². The highest BCUT2D eigenvalue weighted by molar-refractivity contribution is 5.98. The van der Waals surface area contributed by atoms with Crippen molar-refractivity contribution in [2.45, 2.75) is 41.0 Å². The lowest BCUT2D eigenvalue weighted by atomic mass is 10.1. The van der Waals surface area contributed by atoms with Crippen LogP contribution in [-0.2, 0) is 9.53 Å². The average molecular weight is 265 g/mol. The molecule has 0 aromatic rings. The number of ether oxygens (including phenoxy) is 1. The third-order valence-electron chi connectivity index (χ3n) is 2.00. The molecule has 0 aliphatic heterocycles. The number of amidine groups is 1. The summed E-state index contributed by atoms with van der Waals surface area (Å²) < 4.78 is 5.37. The first-order valence-corrected chi connectivity index (χ1v) is 6.23. The Bertz CT molecular complexity index is 416. The van der Waals surface area contributed by atoms with Gasteiger partial charge in [0.05, 0.1) is 13.0 Å². The molecule has 106 valence electrons. The van der Waals surface area contributed by atoms with Crippen molar-refractivity contribution in [2.75, 3.05) is 6.61 Å². The van der Waals surface area contributed by atoms with Gasteiger partial charge < -0.3 is 10.1 Å². The quantitative estimate of drug-likeness (QED) is 0.264. The van der Waals surface area contributed by atoms with Gasteiger partial charge in [-0.25, -0.2) is 0 Å². The van der Waals surface area contributed by atoms with Crippen LogP contribution < -0.4 is 5.32 Å². The highest BCUT2D eigenvalue weighted by Gasteiger charge is 2.09. The predicted octanol–water partition coefficient (Wildman–Crippen LogP) is 2.80. The summed E-state index contributed by atoms with van der Waals surface area (Å²) in [7, 11) is 0. The van der Waals surface area contributed by atoms with Crippen molar-refractivity contribution in [3.8, 4) is 0 Å². The van der Waals surface area contributed by atoms with Gasteiger partial charge in [0, 0.05) is 5.71 Å². The minimum atomic E-state index is -0.186. The lowest BCUT2D eigenvalue weighted by Crippen LogP contribution is -2.28. The Morgan fingerprint density at radius 3 is 2.42 bits per heavy atom. The number of rotatable bonds is 6. The van der Waals surface area contributed by atoms with Crippen LogP contribution in [0.1, 0.15) is 41.0 Å². The summed E-state index contributed by atoms with van der Waals surface area (Å²) in [4.78, 5) is 11.7. The molecular formula is C14H23N3O2. The number of amides is 1. The molecule has 0 spiro atoms. The van der Waals surface area contributed by atoms with Gasteiger partial charge in [0.25, 0.3) is 0 Å². The Kier molecular flexibility index (Phi) is 8.17. The van der Waals surface area contributed by atoms with Crippen molar-refractivity contribution in [3.05, 3.63) is 24.0 Å². The van der Waals surface area contributed by atoms with Crippen LogP contribution in [-0.4, -0.2) is 24.1 Å². The van der Waals surface area contributed by atoms with Gasteiger partial charge in [0.1, 0.15) is 11.6 Å². The normalized spacial score (nSPS) is 11.8. The fraction of sp³-hybridized carbons (Fsp3) is 0.500. The molecule has 0 rings (SSSR count). The van der Waals surface area contributed by atoms with Crippen LogP contribution in [0.25, 0.3) is 0 Å². The summed E-state index contributed by atoms with van der Waals surface area (Å²) in [5.74, 6) is 0.918. The topological polar surface area (TPSA) is 63.0 Å². The van der Waals surface area contributed by atoms with Crippen molar-refractivity contribution in [3.63, 3.8) is 0 Å². The summed E-state index contributed by atoms with van der Waals surface area (Å²) in [6, 6.07) is 0. The van der Waals surface area contributed by atoms with E-state index in [0.717, 1.165) is 5.71 Å². The Balaban J connectivity index is 4.43. The van der Waals surface area contributed by atoms with Crippen molar-refractivity contribution in [2.24, 2.45) is 10.2 Å². The molecule has 19 heavy (non-hydrogen) atoms. The number of hydrogen-bond donors (Lipinski definition) is 1. The largest absolute Gasteiger partial charge is 0.494 e. The third-order valence-corrected chi connectivity index (χ3v) is 2.00. The smallest absolute Gasteiger partial charge is 0.229 e. The van der Waals surface area contributed by atoms with E-state index in [4.69, 9.17) is 4.74 Å². The minimum Gasteiger partial charge on any atom is -0.494 e. The molecule has 0 aliphatic carbocycles. The van der Waals surface area contributed by atoms with Gasteiger partial charge in [-0.2, -0.15) is 5.10 Å². The molecule has 0 atom stereocenters. The summed E-state index contributed by atoms with van der Waals surface area (Å²) in [6.45, 7) is 13.5. The monoisotopic (exact) mass is 265 g/mol. The van der Waals surface area contributed by atoms with E-state index >= 15 is 0 Å². The molecule has 0 saturated carbocycles. The third kappa shape index (κ3) is 7.91. The molecule has 0 radical (unpaired) electrons. The van der Waals surface area contributed by atoms with Gasteiger partial charge in [-0.05, 0) is 46.3 Å². The molecule has 0 saturated heterocycles. The van der Waals surface area contributed by atoms with Gasteiger partial charge in [0.2, 0.25) is 5.91 Å². The second-order valence-corrected chi connectivity index (χ2v) is 4.15. The highest BCUT2D eigenvalue weighted by atomic mass is 16.5. The van der Waals surface area contributed by atoms with Crippen LogP contribution in [0, 0.1) is 0 Å². The van der Waals surface area contributed by atoms with Gasteiger partial charge in [-0.1, -0.05) is 6.58 Å². The Morgan fingerprint density at radius 2 is 1.95 bits per heavy atom. The van der Waals surface area contributed by atoms with Crippen molar-refractivity contribution in [1.29, 1.82) is 0 Å². The molecule has 0 bridgehead atoms. The average Bonchev–Trinajstić information content (AvgIpc) is 2.32. The number of hydrogen-bond acceptors (Lipinski definition) is 4. The molecule has 1 amide bonds. The van der Waals surface area contributed by atoms with E-state index in [-0.39, 0.29) is 12.3 Å². The maximum Gasteiger partial charge on any atom is 0.229 e. The highest BCUT2D eigenvalue weighted by Crippen LogP contribution is 2.13. The molecule has 0 aromatic carbocycles. The van der Waals surface area contributed by atoms with E-state index in [1.54, 1.807) is 13.0 Å². The Morgan fingerprint density at radius 1 is 1.32 bits per heavy atom. The molecule has 5 heteroatoms. The molecule has 0 aliphatic rings. The summed E-state index contributed by atoms with van der Waals surface area (Å²) >= 11 is 0. The molecule has 0 unspecified atom stereocenters. The van der Waals surface area contributed by atoms with E-state index in [1.807, 2.05) is 27.7 Å². The second-order valence-electron chi connectivity index (χ2n) is 4.15. The fourth-order valence-corrected chi connectivity index (χ4v) is 1.27. The van der Waals surface area contributed by atoms with Crippen LogP contribution >= 0.6 is 0 Å². The standard InChI is InChI=1S/C14H23N3O2/c1-7-13(19-8-2)11(5)9-14(18)15-12(6)17-16-10(3)4/h7H,5,8-9H2,1-4,6H3,(H,15,17,18)/b13-7+. The van der Waals surface area contributed by atoms with Gasteiger partial charge in [-0.3, -0.25) is 4.79 Å². The Labute approximate surface area is 115 Å². The second kappa shape index (κ2) is 9.08. The summed E-state index contributed by atoms with van der Waals surface area (Å²) in [6.07, 6.45) is 1.96. The van der Waals surface area contributed by atoms with E-state index in [1.165, 1.54) is 0 Å². The first-order valence-electron chi connectivity index (χ1n) is 6.23.